The summed E-state index contributed by atoms with van der Waals surface area (Å²) in [7, 11) is 0. The van der Waals surface area contributed by atoms with Gasteiger partial charge in [-0.2, -0.15) is 0 Å². The first-order valence-electron chi connectivity index (χ1n) is 6.54. The molecule has 0 fully saturated rings. The minimum Gasteiger partial charge on any atom is -0.508 e. The van der Waals surface area contributed by atoms with E-state index in [1.807, 2.05) is 12.1 Å². The monoisotopic (exact) mass is 295 g/mol. The zero-order valence-corrected chi connectivity index (χ0v) is 11.9. The summed E-state index contributed by atoms with van der Waals surface area (Å²) in [5.41, 5.74) is 0.800. The summed E-state index contributed by atoms with van der Waals surface area (Å²) >= 11 is 5.88. The number of hydrogen-bond acceptors (Lipinski definition) is 4. The number of nitrogens with one attached hydrogen (secondary N) is 1. The van der Waals surface area contributed by atoms with Gasteiger partial charge in [-0.1, -0.05) is 11.6 Å². The molecule has 0 bridgehead atoms. The van der Waals surface area contributed by atoms with Crippen LogP contribution in [0.2, 0.25) is 5.02 Å². The van der Waals surface area contributed by atoms with Crippen molar-refractivity contribution in [1.29, 1.82) is 0 Å². The minimum atomic E-state index is 0.260. The van der Waals surface area contributed by atoms with E-state index in [4.69, 9.17) is 20.8 Å². The first-order chi connectivity index (χ1) is 9.75. The summed E-state index contributed by atoms with van der Waals surface area (Å²) in [5, 5.41) is 13.5. The van der Waals surface area contributed by atoms with Gasteiger partial charge >= 0.3 is 0 Å². The lowest BCUT2D eigenvalue weighted by molar-refractivity contribution is 0.104. The van der Waals surface area contributed by atoms with Crippen LogP contribution in [-0.4, -0.2) is 18.3 Å². The van der Waals surface area contributed by atoms with Gasteiger partial charge in [-0.3, -0.25) is 0 Å². The van der Waals surface area contributed by atoms with E-state index in [9.17, 15) is 5.11 Å². The van der Waals surface area contributed by atoms with Gasteiger partial charge in [0.1, 0.15) is 18.1 Å². The maximum atomic E-state index is 9.65. The van der Waals surface area contributed by atoms with Crippen molar-refractivity contribution in [3.05, 3.63) is 52.9 Å². The van der Waals surface area contributed by atoms with Crippen LogP contribution in [0.5, 0.6) is 5.75 Å². The molecule has 108 valence electrons. The average molecular weight is 296 g/mol. The van der Waals surface area contributed by atoms with Gasteiger partial charge in [-0.05, 0) is 43.3 Å². The van der Waals surface area contributed by atoms with Crippen molar-refractivity contribution in [2.45, 2.75) is 19.6 Å². The molecule has 5 heteroatoms. The van der Waals surface area contributed by atoms with Crippen LogP contribution >= 0.6 is 11.6 Å². The topological polar surface area (TPSA) is 54.6 Å². The van der Waals surface area contributed by atoms with Crippen LogP contribution < -0.4 is 5.32 Å². The Morgan fingerprint density at radius 3 is 3.00 bits per heavy atom. The zero-order chi connectivity index (χ0) is 14.2. The highest BCUT2D eigenvalue weighted by molar-refractivity contribution is 6.30. The molecule has 0 aliphatic heterocycles. The van der Waals surface area contributed by atoms with E-state index < -0.39 is 0 Å². The molecule has 0 aliphatic carbocycles. The summed E-state index contributed by atoms with van der Waals surface area (Å²) in [6.07, 6.45) is 2.53. The smallest absolute Gasteiger partial charge is 0.129 e. The summed E-state index contributed by atoms with van der Waals surface area (Å²) in [6, 6.07) is 8.77. The highest BCUT2D eigenvalue weighted by atomic mass is 35.5. The van der Waals surface area contributed by atoms with Crippen molar-refractivity contribution in [1.82, 2.24) is 5.32 Å². The SMILES string of the molecule is Oc1ccc(Cl)cc1CNCCCOCc1ccco1. The van der Waals surface area contributed by atoms with Gasteiger partial charge < -0.3 is 19.6 Å². The Balaban J connectivity index is 1.56. The van der Waals surface area contributed by atoms with Gasteiger partial charge in [0, 0.05) is 23.7 Å². The minimum absolute atomic E-state index is 0.260. The van der Waals surface area contributed by atoms with Crippen LogP contribution in [0.1, 0.15) is 17.7 Å². The predicted octanol–water partition coefficient (Wildman–Crippen LogP) is 3.34. The molecular formula is C15H18ClNO3. The number of hydrogen-bond donors (Lipinski definition) is 2. The molecule has 4 nitrogen and oxygen atoms in total. The lowest BCUT2D eigenvalue weighted by Crippen LogP contribution is -2.16. The molecule has 2 N–H and O–H groups in total. The second-order valence-corrected chi connectivity index (χ2v) is 4.87. The molecular weight excluding hydrogens is 278 g/mol. The Kier molecular flexibility index (Phi) is 5.92. The van der Waals surface area contributed by atoms with Gasteiger partial charge in [0.15, 0.2) is 0 Å². The molecule has 2 rings (SSSR count). The fraction of sp³-hybridized carbons (Fsp3) is 0.333. The Bertz CT molecular complexity index is 514. The Morgan fingerprint density at radius 1 is 1.30 bits per heavy atom. The molecule has 0 amide bonds. The Morgan fingerprint density at radius 2 is 2.20 bits per heavy atom. The van der Waals surface area contributed by atoms with Crippen LogP contribution in [0.25, 0.3) is 0 Å². The normalized spacial score (nSPS) is 10.8. The van der Waals surface area contributed by atoms with E-state index in [0.29, 0.717) is 24.8 Å². The molecule has 0 saturated heterocycles. The standard InChI is InChI=1S/C15H18ClNO3/c16-13-4-5-15(18)12(9-13)10-17-6-2-7-19-11-14-3-1-8-20-14/h1,3-5,8-9,17-18H,2,6-7,10-11H2. The van der Waals surface area contributed by atoms with Crippen LogP contribution in [0.15, 0.2) is 41.0 Å². The van der Waals surface area contributed by atoms with E-state index in [1.165, 1.54) is 0 Å². The van der Waals surface area contributed by atoms with Gasteiger partial charge in [0.05, 0.1) is 6.26 Å². The van der Waals surface area contributed by atoms with Crippen molar-refractivity contribution in [2.75, 3.05) is 13.2 Å². The summed E-state index contributed by atoms with van der Waals surface area (Å²) in [4.78, 5) is 0. The molecule has 20 heavy (non-hydrogen) atoms. The van der Waals surface area contributed by atoms with E-state index in [0.717, 1.165) is 24.3 Å². The Labute approximate surface area is 123 Å². The highest BCUT2D eigenvalue weighted by Crippen LogP contribution is 2.20. The number of phenolic OH excluding ortho intramolecular Hbond substituents is 1. The molecule has 0 atom stereocenters. The lowest BCUT2D eigenvalue weighted by Gasteiger charge is -2.07. The molecule has 1 heterocycles. The van der Waals surface area contributed by atoms with Crippen LogP contribution in [0.4, 0.5) is 0 Å². The first kappa shape index (κ1) is 14.9. The van der Waals surface area contributed by atoms with Gasteiger partial charge in [-0.25, -0.2) is 0 Å². The van der Waals surface area contributed by atoms with Gasteiger partial charge in [0.25, 0.3) is 0 Å². The van der Waals surface area contributed by atoms with Crippen molar-refractivity contribution in [3.63, 3.8) is 0 Å². The second-order valence-electron chi connectivity index (χ2n) is 4.44. The van der Waals surface area contributed by atoms with Gasteiger partial charge in [0.2, 0.25) is 0 Å². The van der Waals surface area contributed by atoms with Crippen LogP contribution in [0, 0.1) is 0 Å². The van der Waals surface area contributed by atoms with E-state index >= 15 is 0 Å². The van der Waals surface area contributed by atoms with Crippen molar-refractivity contribution < 1.29 is 14.3 Å². The number of benzene rings is 1. The molecule has 1 aromatic heterocycles. The average Bonchev–Trinajstić information content (AvgIpc) is 2.94. The van der Waals surface area contributed by atoms with E-state index in [2.05, 4.69) is 5.32 Å². The third kappa shape index (κ3) is 4.89. The summed E-state index contributed by atoms with van der Waals surface area (Å²) in [5.74, 6) is 1.10. The quantitative estimate of drug-likeness (QED) is 0.734. The third-order valence-corrected chi connectivity index (χ3v) is 3.06. The molecule has 0 aliphatic rings. The predicted molar refractivity (Wildman–Crippen MR) is 77.8 cm³/mol. The van der Waals surface area contributed by atoms with Crippen molar-refractivity contribution in [2.24, 2.45) is 0 Å². The number of ether oxygens (including phenoxy) is 1. The highest BCUT2D eigenvalue weighted by Gasteiger charge is 2.01. The maximum absolute atomic E-state index is 9.65. The fourth-order valence-corrected chi connectivity index (χ4v) is 1.98. The second kappa shape index (κ2) is 7.94. The summed E-state index contributed by atoms with van der Waals surface area (Å²) < 4.78 is 10.6. The lowest BCUT2D eigenvalue weighted by atomic mass is 10.2. The van der Waals surface area contributed by atoms with Crippen molar-refractivity contribution >= 4 is 11.6 Å². The Hall–Kier alpha value is -1.49. The number of halogens is 1. The number of phenols is 1. The number of aromatic hydroxyl groups is 1. The molecule has 0 spiro atoms. The van der Waals surface area contributed by atoms with Crippen LogP contribution in [0.3, 0.4) is 0 Å². The van der Waals surface area contributed by atoms with Gasteiger partial charge in [-0.15, -0.1) is 0 Å². The largest absolute Gasteiger partial charge is 0.508 e. The van der Waals surface area contributed by atoms with E-state index in [-0.39, 0.29) is 5.75 Å². The van der Waals surface area contributed by atoms with E-state index in [1.54, 1.807) is 24.5 Å². The van der Waals surface area contributed by atoms with Crippen molar-refractivity contribution in [3.8, 4) is 5.75 Å². The van der Waals surface area contributed by atoms with Crippen LogP contribution in [-0.2, 0) is 17.9 Å². The number of rotatable bonds is 8. The molecule has 1 aromatic carbocycles. The molecule has 0 saturated carbocycles. The third-order valence-electron chi connectivity index (χ3n) is 2.82. The number of furan rings is 1. The molecule has 2 aromatic rings. The first-order valence-corrected chi connectivity index (χ1v) is 6.92. The summed E-state index contributed by atoms with van der Waals surface area (Å²) in [6.45, 7) is 2.56. The molecule has 0 radical (unpaired) electrons. The maximum Gasteiger partial charge on any atom is 0.129 e. The fourth-order valence-electron chi connectivity index (χ4n) is 1.79. The zero-order valence-electron chi connectivity index (χ0n) is 11.1. The molecule has 0 unspecified atom stereocenters.